The third-order valence-corrected chi connectivity index (χ3v) is 3.17. The summed E-state index contributed by atoms with van der Waals surface area (Å²) in [7, 11) is 5.77. The molecule has 2 N–H and O–H groups in total. The average Bonchev–Trinajstić information content (AvgIpc) is 2.64. The van der Waals surface area contributed by atoms with Crippen LogP contribution in [0.3, 0.4) is 0 Å². The van der Waals surface area contributed by atoms with Crippen LogP contribution in [0.1, 0.15) is 11.3 Å². The highest BCUT2D eigenvalue weighted by Crippen LogP contribution is 2.29. The second kappa shape index (κ2) is 5.50. The number of rotatable bonds is 4. The molecule has 106 valence electrons. The van der Waals surface area contributed by atoms with Crippen LogP contribution >= 0.6 is 12.2 Å². The molecule has 0 saturated carbocycles. The number of anilines is 1. The molecule has 2 aromatic rings. The molecule has 0 amide bonds. The fourth-order valence-electron chi connectivity index (χ4n) is 1.97. The summed E-state index contributed by atoms with van der Waals surface area (Å²) in [6.45, 7) is 1.86. The number of nitrogens with two attached hydrogens (primary N) is 1. The molecule has 1 heterocycles. The maximum atomic E-state index is 5.92. The molecule has 0 aliphatic rings. The van der Waals surface area contributed by atoms with Crippen LogP contribution in [0.15, 0.2) is 24.3 Å². The molecule has 1 aromatic carbocycles. The Bertz CT molecular complexity index is 649. The summed E-state index contributed by atoms with van der Waals surface area (Å²) in [5.41, 5.74) is 8.25. The van der Waals surface area contributed by atoms with Crippen LogP contribution in [0.5, 0.6) is 11.6 Å². The number of aryl methyl sites for hydroxylation is 2. The molecule has 0 bridgehead atoms. The van der Waals surface area contributed by atoms with Crippen molar-refractivity contribution in [3.63, 3.8) is 0 Å². The van der Waals surface area contributed by atoms with E-state index in [0.717, 1.165) is 17.1 Å². The monoisotopic (exact) mass is 290 g/mol. The first kappa shape index (κ1) is 14.3. The highest BCUT2D eigenvalue weighted by molar-refractivity contribution is 7.80. The van der Waals surface area contributed by atoms with Gasteiger partial charge in [-0.2, -0.15) is 5.10 Å². The number of nitrogens with zero attached hydrogens (tertiary/aromatic N) is 3. The maximum Gasteiger partial charge on any atom is 0.228 e. The van der Waals surface area contributed by atoms with Crippen LogP contribution in [0.2, 0.25) is 0 Å². The quantitative estimate of drug-likeness (QED) is 0.875. The van der Waals surface area contributed by atoms with Gasteiger partial charge in [0, 0.05) is 32.9 Å². The van der Waals surface area contributed by atoms with E-state index in [2.05, 4.69) is 5.10 Å². The molecule has 0 spiro atoms. The highest BCUT2D eigenvalue weighted by Gasteiger charge is 2.17. The first-order valence-electron chi connectivity index (χ1n) is 6.18. The first-order valence-corrected chi connectivity index (χ1v) is 6.59. The molecular formula is C14H18N4OS. The highest BCUT2D eigenvalue weighted by atomic mass is 32.1. The van der Waals surface area contributed by atoms with Crippen LogP contribution in [0.25, 0.3) is 0 Å². The van der Waals surface area contributed by atoms with Gasteiger partial charge in [-0.15, -0.1) is 0 Å². The Balaban J connectivity index is 2.40. The number of hydrogen-bond acceptors (Lipinski definition) is 4. The molecule has 20 heavy (non-hydrogen) atoms. The van der Waals surface area contributed by atoms with Gasteiger partial charge in [-0.1, -0.05) is 18.3 Å². The zero-order chi connectivity index (χ0) is 14.9. The summed E-state index contributed by atoms with van der Waals surface area (Å²) in [6, 6.07) is 7.79. The molecule has 5 nitrogen and oxygen atoms in total. The summed E-state index contributed by atoms with van der Waals surface area (Å²) in [5, 5.41) is 4.30. The molecule has 0 atom stereocenters. The molecule has 0 aliphatic carbocycles. The Morgan fingerprint density at radius 3 is 2.70 bits per heavy atom. The van der Waals surface area contributed by atoms with E-state index in [-0.39, 0.29) is 4.99 Å². The van der Waals surface area contributed by atoms with E-state index in [0.29, 0.717) is 11.4 Å². The number of aromatic nitrogens is 2. The molecular weight excluding hydrogens is 272 g/mol. The van der Waals surface area contributed by atoms with Gasteiger partial charge in [-0.25, -0.2) is 4.68 Å². The number of thiocarbonyl (C=S) groups is 1. The van der Waals surface area contributed by atoms with E-state index in [1.807, 2.05) is 50.2 Å². The smallest absolute Gasteiger partial charge is 0.228 e. The summed E-state index contributed by atoms with van der Waals surface area (Å²) in [5.74, 6) is 1.28. The van der Waals surface area contributed by atoms with Gasteiger partial charge in [0.05, 0.1) is 11.3 Å². The van der Waals surface area contributed by atoms with Crippen LogP contribution in [0.4, 0.5) is 5.69 Å². The lowest BCUT2D eigenvalue weighted by atomic mass is 10.2. The maximum absolute atomic E-state index is 5.92. The van der Waals surface area contributed by atoms with Gasteiger partial charge in [0.1, 0.15) is 10.7 Å². The first-order chi connectivity index (χ1) is 9.40. The van der Waals surface area contributed by atoms with E-state index >= 15 is 0 Å². The molecule has 6 heteroatoms. The lowest BCUT2D eigenvalue weighted by Gasteiger charge is -2.14. The SMILES string of the molecule is Cc1nn(C)c(Oc2cccc(N(C)C)c2)c1C(N)=S. The van der Waals surface area contributed by atoms with Crippen molar-refractivity contribution in [2.75, 3.05) is 19.0 Å². The minimum absolute atomic E-state index is 0.286. The Hall–Kier alpha value is -2.08. The number of hydrogen-bond donors (Lipinski definition) is 1. The largest absolute Gasteiger partial charge is 0.438 e. The van der Waals surface area contributed by atoms with Crippen LogP contribution < -0.4 is 15.4 Å². The van der Waals surface area contributed by atoms with Crippen molar-refractivity contribution in [2.45, 2.75) is 6.92 Å². The van der Waals surface area contributed by atoms with Crippen molar-refractivity contribution < 1.29 is 4.74 Å². The Kier molecular flexibility index (Phi) is 3.94. The van der Waals surface area contributed by atoms with E-state index in [1.54, 1.807) is 11.7 Å². The third kappa shape index (κ3) is 2.75. The van der Waals surface area contributed by atoms with Crippen LogP contribution in [0, 0.1) is 6.92 Å². The molecule has 0 aliphatic heterocycles. The predicted octanol–water partition coefficient (Wildman–Crippen LogP) is 2.22. The van der Waals surface area contributed by atoms with Crippen molar-refractivity contribution in [3.05, 3.63) is 35.5 Å². The minimum Gasteiger partial charge on any atom is -0.438 e. The second-order valence-corrected chi connectivity index (χ2v) is 5.19. The van der Waals surface area contributed by atoms with Gasteiger partial charge >= 0.3 is 0 Å². The normalized spacial score (nSPS) is 10.4. The summed E-state index contributed by atoms with van der Waals surface area (Å²) < 4.78 is 7.56. The van der Waals surface area contributed by atoms with Crippen molar-refractivity contribution >= 4 is 22.9 Å². The Labute approximate surface area is 123 Å². The summed E-state index contributed by atoms with van der Waals surface area (Å²) in [4.78, 5) is 2.30. The molecule has 0 unspecified atom stereocenters. The standard InChI is InChI=1S/C14H18N4OS/c1-9-12(13(15)20)14(18(4)16-9)19-11-7-5-6-10(8-11)17(2)3/h5-8H,1-4H3,(H2,15,20). The molecule has 0 fully saturated rings. The van der Waals surface area contributed by atoms with E-state index in [1.165, 1.54) is 0 Å². The average molecular weight is 290 g/mol. The Morgan fingerprint density at radius 1 is 1.40 bits per heavy atom. The van der Waals surface area contributed by atoms with Gasteiger partial charge in [0.25, 0.3) is 0 Å². The van der Waals surface area contributed by atoms with Gasteiger partial charge in [0.15, 0.2) is 0 Å². The number of ether oxygens (including phenoxy) is 1. The fraction of sp³-hybridized carbons (Fsp3) is 0.286. The van der Waals surface area contributed by atoms with Crippen molar-refractivity contribution in [3.8, 4) is 11.6 Å². The topological polar surface area (TPSA) is 56.3 Å². The van der Waals surface area contributed by atoms with Crippen LogP contribution in [-0.2, 0) is 7.05 Å². The van der Waals surface area contributed by atoms with E-state index in [4.69, 9.17) is 22.7 Å². The van der Waals surface area contributed by atoms with Gasteiger partial charge < -0.3 is 15.4 Å². The zero-order valence-corrected chi connectivity index (χ0v) is 12.9. The summed E-state index contributed by atoms with van der Waals surface area (Å²) in [6.07, 6.45) is 0. The van der Waals surface area contributed by atoms with Gasteiger partial charge in [-0.05, 0) is 19.1 Å². The van der Waals surface area contributed by atoms with E-state index < -0.39 is 0 Å². The Morgan fingerprint density at radius 2 is 2.10 bits per heavy atom. The lowest BCUT2D eigenvalue weighted by Crippen LogP contribution is -2.12. The van der Waals surface area contributed by atoms with Crippen molar-refractivity contribution in [1.82, 2.24) is 9.78 Å². The van der Waals surface area contributed by atoms with Gasteiger partial charge in [0.2, 0.25) is 5.88 Å². The zero-order valence-electron chi connectivity index (χ0n) is 12.0. The number of benzene rings is 1. The molecule has 2 rings (SSSR count). The van der Waals surface area contributed by atoms with E-state index in [9.17, 15) is 0 Å². The van der Waals surface area contributed by atoms with Crippen molar-refractivity contribution in [2.24, 2.45) is 12.8 Å². The second-order valence-electron chi connectivity index (χ2n) is 4.75. The summed E-state index contributed by atoms with van der Waals surface area (Å²) >= 11 is 5.07. The van der Waals surface area contributed by atoms with Crippen LogP contribution in [-0.4, -0.2) is 28.9 Å². The van der Waals surface area contributed by atoms with Gasteiger partial charge in [-0.3, -0.25) is 0 Å². The van der Waals surface area contributed by atoms with Crippen molar-refractivity contribution in [1.29, 1.82) is 0 Å². The third-order valence-electron chi connectivity index (χ3n) is 2.96. The molecule has 0 saturated heterocycles. The fourth-order valence-corrected chi connectivity index (χ4v) is 2.21. The minimum atomic E-state index is 0.286. The molecule has 1 aromatic heterocycles. The lowest BCUT2D eigenvalue weighted by molar-refractivity contribution is 0.430. The predicted molar refractivity (Wildman–Crippen MR) is 84.7 cm³/mol. The molecule has 0 radical (unpaired) electrons.